The number of aryl methyl sites for hydroxylation is 2. The quantitative estimate of drug-likeness (QED) is 0.821. The van der Waals surface area contributed by atoms with Crippen molar-refractivity contribution in [3.63, 3.8) is 0 Å². The molecule has 2 aromatic rings. The molecule has 0 saturated carbocycles. The average molecular weight is 315 g/mol. The molecule has 2 heterocycles. The Bertz CT molecular complexity index is 623. The highest BCUT2D eigenvalue weighted by Gasteiger charge is 2.08. The van der Waals surface area contributed by atoms with Crippen LogP contribution in [0.25, 0.3) is 0 Å². The fourth-order valence-corrected chi connectivity index (χ4v) is 2.42. The van der Waals surface area contributed by atoms with Crippen LogP contribution in [0.4, 0.5) is 4.79 Å². The van der Waals surface area contributed by atoms with E-state index in [1.54, 1.807) is 12.4 Å². The van der Waals surface area contributed by atoms with Gasteiger partial charge in [-0.2, -0.15) is 5.10 Å². The molecule has 0 aliphatic heterocycles. The van der Waals surface area contributed by atoms with Gasteiger partial charge in [0.15, 0.2) is 0 Å². The van der Waals surface area contributed by atoms with Crippen LogP contribution in [0.2, 0.25) is 0 Å². The lowest BCUT2D eigenvalue weighted by Gasteiger charge is -2.14. The van der Waals surface area contributed by atoms with Gasteiger partial charge in [-0.1, -0.05) is 6.92 Å². The lowest BCUT2D eigenvalue weighted by atomic mass is 10.2. The van der Waals surface area contributed by atoms with Crippen molar-refractivity contribution in [3.8, 4) is 0 Å². The summed E-state index contributed by atoms with van der Waals surface area (Å²) in [4.78, 5) is 15.8. The van der Waals surface area contributed by atoms with E-state index in [2.05, 4.69) is 33.7 Å². The summed E-state index contributed by atoms with van der Waals surface area (Å²) in [6.45, 7) is 8.18. The number of urea groups is 1. The Kier molecular flexibility index (Phi) is 6.14. The second-order valence-corrected chi connectivity index (χ2v) is 5.96. The molecule has 2 aromatic heterocycles. The SMILES string of the molecule is Cc1cc(C)n(CC(C)CNC(=O)NCCc2ccncc2)n1. The van der Waals surface area contributed by atoms with E-state index in [-0.39, 0.29) is 6.03 Å². The molecule has 0 bridgehead atoms. The minimum absolute atomic E-state index is 0.126. The maximum atomic E-state index is 11.8. The topological polar surface area (TPSA) is 71.8 Å². The highest BCUT2D eigenvalue weighted by atomic mass is 16.2. The van der Waals surface area contributed by atoms with Crippen LogP contribution in [0.1, 0.15) is 23.9 Å². The zero-order valence-electron chi connectivity index (χ0n) is 14.0. The lowest BCUT2D eigenvalue weighted by Crippen LogP contribution is -2.39. The van der Waals surface area contributed by atoms with E-state index < -0.39 is 0 Å². The Balaban J connectivity index is 1.64. The van der Waals surface area contributed by atoms with E-state index in [1.165, 1.54) is 0 Å². The number of aromatic nitrogens is 3. The molecule has 0 saturated heterocycles. The first-order chi connectivity index (χ1) is 11.0. The van der Waals surface area contributed by atoms with Crippen molar-refractivity contribution in [1.29, 1.82) is 0 Å². The molecule has 0 radical (unpaired) electrons. The first kappa shape index (κ1) is 17.0. The first-order valence-electron chi connectivity index (χ1n) is 7.96. The van der Waals surface area contributed by atoms with E-state index in [4.69, 9.17) is 0 Å². The van der Waals surface area contributed by atoms with Crippen LogP contribution in [-0.4, -0.2) is 33.9 Å². The van der Waals surface area contributed by atoms with Gasteiger partial charge in [0.25, 0.3) is 0 Å². The molecule has 0 aromatic carbocycles. The molecule has 0 spiro atoms. The lowest BCUT2D eigenvalue weighted by molar-refractivity contribution is 0.238. The number of nitrogens with one attached hydrogen (secondary N) is 2. The van der Waals surface area contributed by atoms with Gasteiger partial charge in [-0.25, -0.2) is 4.79 Å². The van der Waals surface area contributed by atoms with Crippen molar-refractivity contribution in [3.05, 3.63) is 47.5 Å². The zero-order chi connectivity index (χ0) is 16.7. The summed E-state index contributed by atoms with van der Waals surface area (Å²) in [5.74, 6) is 0.318. The second-order valence-electron chi connectivity index (χ2n) is 5.96. The molecule has 6 heteroatoms. The number of nitrogens with zero attached hydrogens (tertiary/aromatic N) is 3. The summed E-state index contributed by atoms with van der Waals surface area (Å²) < 4.78 is 1.99. The van der Waals surface area contributed by atoms with E-state index in [0.29, 0.717) is 19.0 Å². The molecule has 2 N–H and O–H groups in total. The van der Waals surface area contributed by atoms with E-state index in [9.17, 15) is 4.79 Å². The minimum Gasteiger partial charge on any atom is -0.338 e. The van der Waals surface area contributed by atoms with Crippen molar-refractivity contribution in [2.24, 2.45) is 5.92 Å². The smallest absolute Gasteiger partial charge is 0.314 e. The van der Waals surface area contributed by atoms with Gasteiger partial charge in [-0.3, -0.25) is 9.67 Å². The molecule has 0 fully saturated rings. The summed E-state index contributed by atoms with van der Waals surface area (Å²) in [6.07, 6.45) is 4.32. The average Bonchev–Trinajstić information content (AvgIpc) is 2.84. The van der Waals surface area contributed by atoms with Crippen LogP contribution in [0, 0.1) is 19.8 Å². The molecular weight excluding hydrogens is 290 g/mol. The van der Waals surface area contributed by atoms with Crippen LogP contribution in [0.5, 0.6) is 0 Å². The highest BCUT2D eigenvalue weighted by molar-refractivity contribution is 5.73. The summed E-state index contributed by atoms with van der Waals surface area (Å²) in [6, 6.07) is 5.84. The Labute approximate surface area is 137 Å². The predicted octanol–water partition coefficient (Wildman–Crippen LogP) is 2.07. The fourth-order valence-electron chi connectivity index (χ4n) is 2.42. The van der Waals surface area contributed by atoms with Crippen molar-refractivity contribution < 1.29 is 4.79 Å². The van der Waals surface area contributed by atoms with Gasteiger partial charge >= 0.3 is 6.03 Å². The second kappa shape index (κ2) is 8.31. The molecule has 6 nitrogen and oxygen atoms in total. The monoisotopic (exact) mass is 315 g/mol. The Morgan fingerprint density at radius 1 is 1.26 bits per heavy atom. The third-order valence-corrected chi connectivity index (χ3v) is 3.65. The Hall–Kier alpha value is -2.37. The molecule has 23 heavy (non-hydrogen) atoms. The van der Waals surface area contributed by atoms with Crippen LogP contribution in [0.3, 0.4) is 0 Å². The summed E-state index contributed by atoms with van der Waals surface area (Å²) in [5.41, 5.74) is 3.34. The third-order valence-electron chi connectivity index (χ3n) is 3.65. The Morgan fingerprint density at radius 3 is 2.65 bits per heavy atom. The van der Waals surface area contributed by atoms with Gasteiger partial charge in [0.2, 0.25) is 0 Å². The van der Waals surface area contributed by atoms with Crippen molar-refractivity contribution in [1.82, 2.24) is 25.4 Å². The number of carbonyl (C=O) groups is 1. The van der Waals surface area contributed by atoms with Crippen molar-refractivity contribution in [2.75, 3.05) is 13.1 Å². The van der Waals surface area contributed by atoms with Crippen molar-refractivity contribution in [2.45, 2.75) is 33.7 Å². The fraction of sp³-hybridized carbons (Fsp3) is 0.471. The van der Waals surface area contributed by atoms with Crippen LogP contribution >= 0.6 is 0 Å². The van der Waals surface area contributed by atoms with E-state index >= 15 is 0 Å². The van der Waals surface area contributed by atoms with Gasteiger partial charge in [-0.05, 0) is 49.9 Å². The maximum absolute atomic E-state index is 11.8. The summed E-state index contributed by atoms with van der Waals surface area (Å²) in [5, 5.41) is 10.2. The largest absolute Gasteiger partial charge is 0.338 e. The number of amides is 2. The molecule has 1 unspecified atom stereocenters. The highest BCUT2D eigenvalue weighted by Crippen LogP contribution is 2.05. The van der Waals surface area contributed by atoms with E-state index in [0.717, 1.165) is 29.9 Å². The van der Waals surface area contributed by atoms with Crippen LogP contribution in [-0.2, 0) is 13.0 Å². The minimum atomic E-state index is -0.126. The number of hydrogen-bond acceptors (Lipinski definition) is 3. The summed E-state index contributed by atoms with van der Waals surface area (Å²) in [7, 11) is 0. The molecule has 2 amide bonds. The molecule has 2 rings (SSSR count). The molecule has 0 aliphatic carbocycles. The van der Waals surface area contributed by atoms with Crippen LogP contribution < -0.4 is 10.6 Å². The van der Waals surface area contributed by atoms with Gasteiger partial charge < -0.3 is 10.6 Å². The predicted molar refractivity (Wildman–Crippen MR) is 90.2 cm³/mol. The van der Waals surface area contributed by atoms with Gasteiger partial charge in [0.1, 0.15) is 0 Å². The van der Waals surface area contributed by atoms with Gasteiger partial charge in [-0.15, -0.1) is 0 Å². The zero-order valence-corrected chi connectivity index (χ0v) is 14.0. The standard InChI is InChI=1S/C17H25N5O/c1-13(12-22-15(3)10-14(2)21-22)11-20-17(23)19-9-6-16-4-7-18-8-5-16/h4-5,7-8,10,13H,6,9,11-12H2,1-3H3,(H2,19,20,23). The number of carbonyl (C=O) groups excluding carboxylic acids is 1. The molecular formula is C17H25N5O. The van der Waals surface area contributed by atoms with Gasteiger partial charge in [0.05, 0.1) is 5.69 Å². The molecule has 1 atom stereocenters. The first-order valence-corrected chi connectivity index (χ1v) is 7.96. The Morgan fingerprint density at radius 2 is 2.00 bits per heavy atom. The van der Waals surface area contributed by atoms with E-state index in [1.807, 2.05) is 30.7 Å². The normalized spacial score (nSPS) is 12.0. The third kappa shape index (κ3) is 5.73. The maximum Gasteiger partial charge on any atom is 0.314 e. The van der Waals surface area contributed by atoms with Crippen LogP contribution in [0.15, 0.2) is 30.6 Å². The summed E-state index contributed by atoms with van der Waals surface area (Å²) >= 11 is 0. The number of rotatable bonds is 7. The number of hydrogen-bond donors (Lipinski definition) is 2. The van der Waals surface area contributed by atoms with Gasteiger partial charge in [0, 0.05) is 37.7 Å². The number of pyridine rings is 1. The molecule has 124 valence electrons. The molecule has 0 aliphatic rings. The van der Waals surface area contributed by atoms with Crippen molar-refractivity contribution >= 4 is 6.03 Å².